The highest BCUT2D eigenvalue weighted by Crippen LogP contribution is 2.16. The molecule has 0 fully saturated rings. The van der Waals surface area contributed by atoms with Crippen LogP contribution in [0.4, 0.5) is 0 Å². The molecule has 1 aromatic rings. The van der Waals surface area contributed by atoms with Gasteiger partial charge in [-0.15, -0.1) is 12.4 Å². The number of aryl methyl sites for hydroxylation is 1. The fourth-order valence-corrected chi connectivity index (χ4v) is 1.88. The van der Waals surface area contributed by atoms with Crippen LogP contribution in [0.15, 0.2) is 24.3 Å². The Morgan fingerprint density at radius 2 is 1.95 bits per heavy atom. The van der Waals surface area contributed by atoms with Crippen molar-refractivity contribution in [2.75, 3.05) is 6.61 Å². The van der Waals surface area contributed by atoms with Crippen LogP contribution in [-0.4, -0.2) is 18.1 Å². The molecule has 0 aliphatic carbocycles. The van der Waals surface area contributed by atoms with E-state index in [-0.39, 0.29) is 23.9 Å². The average molecular weight is 286 g/mol. The van der Waals surface area contributed by atoms with E-state index in [4.69, 9.17) is 10.5 Å². The topological polar surface area (TPSA) is 52.3 Å². The molecule has 3 nitrogen and oxygen atoms in total. The molecular weight excluding hydrogens is 262 g/mol. The number of esters is 1. The molecule has 1 aromatic carbocycles. The Kier molecular flexibility index (Phi) is 7.72. The zero-order valence-electron chi connectivity index (χ0n) is 11.9. The number of nitrogens with two attached hydrogens (primary N) is 1. The molecular formula is C15H24ClNO2. The van der Waals surface area contributed by atoms with E-state index in [9.17, 15) is 4.79 Å². The van der Waals surface area contributed by atoms with Crippen LogP contribution in [0.25, 0.3) is 0 Å². The summed E-state index contributed by atoms with van der Waals surface area (Å²) in [5, 5.41) is 0. The molecule has 0 saturated heterocycles. The molecule has 0 aliphatic heterocycles. The van der Waals surface area contributed by atoms with E-state index in [1.54, 1.807) is 0 Å². The molecule has 0 radical (unpaired) electrons. The quantitative estimate of drug-likeness (QED) is 0.816. The fraction of sp³-hybridized carbons (Fsp3) is 0.533. The van der Waals surface area contributed by atoms with Gasteiger partial charge in [0.15, 0.2) is 0 Å². The highest BCUT2D eigenvalue weighted by atomic mass is 35.5. The first kappa shape index (κ1) is 17.9. The van der Waals surface area contributed by atoms with Crippen molar-refractivity contribution in [3.63, 3.8) is 0 Å². The maximum absolute atomic E-state index is 11.8. The standard InChI is InChI=1S/C15H23NO2.ClH/c1-4-18-14(17)13-10-6-5-8-12(13)9-7-11-15(2,3)16;/h5-6,8,10H,4,7,9,11,16H2,1-3H3;1H. The first-order chi connectivity index (χ1) is 8.44. The minimum absolute atomic E-state index is 0. The van der Waals surface area contributed by atoms with Gasteiger partial charge in [0.25, 0.3) is 0 Å². The van der Waals surface area contributed by atoms with Gasteiger partial charge in [0, 0.05) is 5.54 Å². The molecule has 4 heteroatoms. The van der Waals surface area contributed by atoms with Crippen LogP contribution in [0.5, 0.6) is 0 Å². The third kappa shape index (κ3) is 6.60. The Morgan fingerprint density at radius 3 is 2.53 bits per heavy atom. The zero-order chi connectivity index (χ0) is 13.6. The summed E-state index contributed by atoms with van der Waals surface area (Å²) >= 11 is 0. The highest BCUT2D eigenvalue weighted by Gasteiger charge is 2.13. The van der Waals surface area contributed by atoms with Crippen molar-refractivity contribution in [3.8, 4) is 0 Å². The van der Waals surface area contributed by atoms with Crippen molar-refractivity contribution >= 4 is 18.4 Å². The molecule has 0 atom stereocenters. The van der Waals surface area contributed by atoms with Gasteiger partial charge in [0.2, 0.25) is 0 Å². The van der Waals surface area contributed by atoms with Crippen LogP contribution in [-0.2, 0) is 11.2 Å². The van der Waals surface area contributed by atoms with E-state index in [0.717, 1.165) is 24.8 Å². The third-order valence-electron chi connectivity index (χ3n) is 2.78. The Labute approximate surface area is 121 Å². The lowest BCUT2D eigenvalue weighted by Crippen LogP contribution is -2.31. The van der Waals surface area contributed by atoms with Crippen molar-refractivity contribution in [2.45, 2.75) is 45.6 Å². The number of ether oxygens (including phenoxy) is 1. The number of hydrogen-bond donors (Lipinski definition) is 1. The SMILES string of the molecule is CCOC(=O)c1ccccc1CCCC(C)(C)N.Cl. The molecule has 0 bridgehead atoms. The number of rotatable bonds is 6. The first-order valence-electron chi connectivity index (χ1n) is 6.48. The van der Waals surface area contributed by atoms with E-state index in [0.29, 0.717) is 12.2 Å². The van der Waals surface area contributed by atoms with Gasteiger partial charge in [0.05, 0.1) is 12.2 Å². The Bertz CT molecular complexity index is 399. The van der Waals surface area contributed by atoms with Crippen LogP contribution < -0.4 is 5.73 Å². The molecule has 0 aliphatic rings. The van der Waals surface area contributed by atoms with Gasteiger partial charge in [-0.1, -0.05) is 18.2 Å². The van der Waals surface area contributed by atoms with Gasteiger partial charge in [-0.3, -0.25) is 0 Å². The van der Waals surface area contributed by atoms with Crippen molar-refractivity contribution in [1.29, 1.82) is 0 Å². The van der Waals surface area contributed by atoms with E-state index in [2.05, 4.69) is 0 Å². The summed E-state index contributed by atoms with van der Waals surface area (Å²) in [7, 11) is 0. The Morgan fingerprint density at radius 1 is 1.32 bits per heavy atom. The third-order valence-corrected chi connectivity index (χ3v) is 2.78. The predicted octanol–water partition coefficient (Wildman–Crippen LogP) is 3.35. The molecule has 0 amide bonds. The van der Waals surface area contributed by atoms with Gasteiger partial charge in [-0.05, 0) is 51.7 Å². The second kappa shape index (κ2) is 8.18. The molecule has 19 heavy (non-hydrogen) atoms. The molecule has 108 valence electrons. The summed E-state index contributed by atoms with van der Waals surface area (Å²) in [6, 6.07) is 7.62. The van der Waals surface area contributed by atoms with Crippen LogP contribution in [0.1, 0.15) is 49.5 Å². The van der Waals surface area contributed by atoms with E-state index in [1.165, 1.54) is 0 Å². The number of benzene rings is 1. The van der Waals surface area contributed by atoms with Crippen molar-refractivity contribution < 1.29 is 9.53 Å². The van der Waals surface area contributed by atoms with Gasteiger partial charge in [-0.25, -0.2) is 4.79 Å². The minimum Gasteiger partial charge on any atom is -0.462 e. The number of carbonyl (C=O) groups is 1. The van der Waals surface area contributed by atoms with Gasteiger partial charge >= 0.3 is 5.97 Å². The monoisotopic (exact) mass is 285 g/mol. The first-order valence-corrected chi connectivity index (χ1v) is 6.48. The highest BCUT2D eigenvalue weighted by molar-refractivity contribution is 5.91. The molecule has 1 rings (SSSR count). The minimum atomic E-state index is -0.236. The largest absolute Gasteiger partial charge is 0.462 e. The summed E-state index contributed by atoms with van der Waals surface area (Å²) < 4.78 is 5.05. The number of carbonyl (C=O) groups excluding carboxylic acids is 1. The lowest BCUT2D eigenvalue weighted by Gasteiger charge is -2.18. The Balaban J connectivity index is 0.00000324. The predicted molar refractivity (Wildman–Crippen MR) is 80.9 cm³/mol. The van der Waals surface area contributed by atoms with Gasteiger partial charge in [-0.2, -0.15) is 0 Å². The summed E-state index contributed by atoms with van der Waals surface area (Å²) in [6.07, 6.45) is 2.76. The Hall–Kier alpha value is -1.06. The molecule has 0 spiro atoms. The summed E-state index contributed by atoms with van der Waals surface area (Å²) in [5.41, 5.74) is 7.52. The van der Waals surface area contributed by atoms with Crippen molar-refractivity contribution in [1.82, 2.24) is 0 Å². The molecule has 0 unspecified atom stereocenters. The second-order valence-corrected chi connectivity index (χ2v) is 5.22. The maximum Gasteiger partial charge on any atom is 0.338 e. The summed E-state index contributed by atoms with van der Waals surface area (Å²) in [4.78, 5) is 11.8. The van der Waals surface area contributed by atoms with Crippen LogP contribution in [0.3, 0.4) is 0 Å². The molecule has 0 saturated carbocycles. The number of halogens is 1. The maximum atomic E-state index is 11.8. The van der Waals surface area contributed by atoms with Gasteiger partial charge < -0.3 is 10.5 Å². The van der Waals surface area contributed by atoms with Crippen LogP contribution >= 0.6 is 12.4 Å². The van der Waals surface area contributed by atoms with E-state index < -0.39 is 0 Å². The van der Waals surface area contributed by atoms with Crippen LogP contribution in [0.2, 0.25) is 0 Å². The van der Waals surface area contributed by atoms with Gasteiger partial charge in [0.1, 0.15) is 0 Å². The fourth-order valence-electron chi connectivity index (χ4n) is 1.88. The molecule has 0 heterocycles. The lowest BCUT2D eigenvalue weighted by atomic mass is 9.95. The van der Waals surface area contributed by atoms with Crippen molar-refractivity contribution in [3.05, 3.63) is 35.4 Å². The van der Waals surface area contributed by atoms with E-state index >= 15 is 0 Å². The van der Waals surface area contributed by atoms with Crippen molar-refractivity contribution in [2.24, 2.45) is 5.73 Å². The second-order valence-electron chi connectivity index (χ2n) is 5.22. The number of hydrogen-bond acceptors (Lipinski definition) is 3. The van der Waals surface area contributed by atoms with E-state index in [1.807, 2.05) is 45.0 Å². The summed E-state index contributed by atoms with van der Waals surface area (Å²) in [6.45, 7) is 6.26. The summed E-state index contributed by atoms with van der Waals surface area (Å²) in [5.74, 6) is -0.236. The zero-order valence-corrected chi connectivity index (χ0v) is 12.8. The smallest absolute Gasteiger partial charge is 0.338 e. The normalized spacial score (nSPS) is 10.7. The van der Waals surface area contributed by atoms with Crippen LogP contribution in [0, 0.1) is 0 Å². The average Bonchev–Trinajstić information content (AvgIpc) is 2.28. The molecule has 0 aromatic heterocycles. The molecule has 2 N–H and O–H groups in total. The lowest BCUT2D eigenvalue weighted by molar-refractivity contribution is 0.0525.